The van der Waals surface area contributed by atoms with Crippen LogP contribution in [0.4, 0.5) is 0 Å². The summed E-state index contributed by atoms with van der Waals surface area (Å²) in [6.07, 6.45) is 4.69. The van der Waals surface area contributed by atoms with Crippen LogP contribution < -0.4 is 10.1 Å². The minimum absolute atomic E-state index is 0.0640. The lowest BCUT2D eigenvalue weighted by atomic mass is 10.2. The first-order valence-electron chi connectivity index (χ1n) is 7.90. The molecule has 3 rings (SSSR count). The second kappa shape index (κ2) is 6.97. The third kappa shape index (κ3) is 3.50. The molecule has 0 unspecified atom stereocenters. The molecule has 0 aliphatic heterocycles. The highest BCUT2D eigenvalue weighted by atomic mass is 32.1. The van der Waals surface area contributed by atoms with Crippen LogP contribution in [-0.2, 0) is 0 Å². The third-order valence-electron chi connectivity index (χ3n) is 3.97. The topological polar surface area (TPSA) is 38.3 Å². The first-order chi connectivity index (χ1) is 10.8. The summed E-state index contributed by atoms with van der Waals surface area (Å²) in [5, 5.41) is 3.14. The molecule has 1 aliphatic carbocycles. The first kappa shape index (κ1) is 15.1. The maximum Gasteiger partial charge on any atom is 0.261 e. The first-order valence-corrected chi connectivity index (χ1v) is 8.72. The van der Waals surface area contributed by atoms with Crippen molar-refractivity contribution < 1.29 is 9.53 Å². The molecular formula is C18H21NO2S. The van der Waals surface area contributed by atoms with Crippen molar-refractivity contribution in [2.45, 2.75) is 38.6 Å². The minimum Gasteiger partial charge on any atom is -0.494 e. The Morgan fingerprint density at radius 1 is 1.18 bits per heavy atom. The summed E-state index contributed by atoms with van der Waals surface area (Å²) in [7, 11) is 0. The Morgan fingerprint density at radius 3 is 2.59 bits per heavy atom. The molecule has 1 heterocycles. The number of rotatable bonds is 5. The van der Waals surface area contributed by atoms with Gasteiger partial charge in [0.2, 0.25) is 0 Å². The number of carbonyl (C=O) groups is 1. The number of nitrogens with one attached hydrogen (secondary N) is 1. The largest absolute Gasteiger partial charge is 0.494 e. The summed E-state index contributed by atoms with van der Waals surface area (Å²) in [4.78, 5) is 14.2. The van der Waals surface area contributed by atoms with Gasteiger partial charge in [0, 0.05) is 10.9 Å². The van der Waals surface area contributed by atoms with Gasteiger partial charge >= 0.3 is 0 Å². The van der Waals surface area contributed by atoms with E-state index in [1.807, 2.05) is 43.3 Å². The summed E-state index contributed by atoms with van der Waals surface area (Å²) in [6.45, 7) is 2.65. The maximum absolute atomic E-state index is 12.3. The van der Waals surface area contributed by atoms with Crippen molar-refractivity contribution in [2.24, 2.45) is 0 Å². The normalized spacial score (nSPS) is 15.0. The number of carbonyl (C=O) groups excluding carboxylic acids is 1. The molecule has 1 aromatic heterocycles. The predicted molar refractivity (Wildman–Crippen MR) is 90.6 cm³/mol. The van der Waals surface area contributed by atoms with Crippen LogP contribution in [0.25, 0.3) is 10.4 Å². The standard InChI is InChI=1S/C18H21NO2S/c1-2-21-15-9-7-13(8-10-15)16-11-12-17(22-16)18(20)19-14-5-3-4-6-14/h7-12,14H,2-6H2,1H3,(H,19,20). The van der Waals surface area contributed by atoms with Gasteiger partial charge in [0.1, 0.15) is 5.75 Å². The van der Waals surface area contributed by atoms with Gasteiger partial charge in [-0.3, -0.25) is 4.79 Å². The van der Waals surface area contributed by atoms with Gasteiger partial charge in [-0.25, -0.2) is 0 Å². The molecule has 0 spiro atoms. The lowest BCUT2D eigenvalue weighted by molar-refractivity contribution is 0.0942. The van der Waals surface area contributed by atoms with E-state index in [9.17, 15) is 4.79 Å². The molecule has 22 heavy (non-hydrogen) atoms. The van der Waals surface area contributed by atoms with E-state index in [0.29, 0.717) is 12.6 Å². The van der Waals surface area contributed by atoms with E-state index in [0.717, 1.165) is 33.9 Å². The maximum atomic E-state index is 12.3. The van der Waals surface area contributed by atoms with Crippen LogP contribution in [-0.4, -0.2) is 18.6 Å². The monoisotopic (exact) mass is 315 g/mol. The van der Waals surface area contributed by atoms with Gasteiger partial charge in [0.25, 0.3) is 5.91 Å². The van der Waals surface area contributed by atoms with Gasteiger partial charge in [-0.15, -0.1) is 11.3 Å². The van der Waals surface area contributed by atoms with Gasteiger partial charge in [0.15, 0.2) is 0 Å². The van der Waals surface area contributed by atoms with Gasteiger partial charge in [-0.05, 0) is 61.7 Å². The summed E-state index contributed by atoms with van der Waals surface area (Å²) in [6, 6.07) is 12.3. The quantitative estimate of drug-likeness (QED) is 0.883. The molecule has 0 bridgehead atoms. The molecule has 1 aromatic carbocycles. The molecule has 1 amide bonds. The molecule has 1 fully saturated rings. The third-order valence-corrected chi connectivity index (χ3v) is 5.10. The van der Waals surface area contributed by atoms with Crippen LogP contribution >= 0.6 is 11.3 Å². The number of thiophene rings is 1. The summed E-state index contributed by atoms with van der Waals surface area (Å²) >= 11 is 1.54. The number of hydrogen-bond acceptors (Lipinski definition) is 3. The van der Waals surface area contributed by atoms with Crippen LogP contribution in [0.15, 0.2) is 36.4 Å². The van der Waals surface area contributed by atoms with E-state index >= 15 is 0 Å². The minimum atomic E-state index is 0.0640. The molecule has 0 saturated heterocycles. The highest BCUT2D eigenvalue weighted by molar-refractivity contribution is 7.17. The van der Waals surface area contributed by atoms with Crippen molar-refractivity contribution in [3.8, 4) is 16.2 Å². The summed E-state index contributed by atoms with van der Waals surface area (Å²) < 4.78 is 5.45. The number of hydrogen-bond donors (Lipinski definition) is 1. The highest BCUT2D eigenvalue weighted by Crippen LogP contribution is 2.30. The van der Waals surface area contributed by atoms with E-state index in [-0.39, 0.29) is 5.91 Å². The Balaban J connectivity index is 1.68. The van der Waals surface area contributed by atoms with Gasteiger partial charge in [0.05, 0.1) is 11.5 Å². The van der Waals surface area contributed by atoms with Crippen molar-refractivity contribution >= 4 is 17.2 Å². The fraction of sp³-hybridized carbons (Fsp3) is 0.389. The Hall–Kier alpha value is -1.81. The Kier molecular flexibility index (Phi) is 4.78. The smallest absolute Gasteiger partial charge is 0.261 e. The van der Waals surface area contributed by atoms with Crippen molar-refractivity contribution in [1.29, 1.82) is 0 Å². The fourth-order valence-electron chi connectivity index (χ4n) is 2.82. The number of ether oxygens (including phenoxy) is 1. The van der Waals surface area contributed by atoms with Crippen molar-refractivity contribution in [3.05, 3.63) is 41.3 Å². The predicted octanol–water partition coefficient (Wildman–Crippen LogP) is 4.49. The van der Waals surface area contributed by atoms with E-state index < -0.39 is 0 Å². The van der Waals surface area contributed by atoms with Crippen LogP contribution in [0.3, 0.4) is 0 Å². The van der Waals surface area contributed by atoms with Gasteiger partial charge in [-0.2, -0.15) is 0 Å². The molecule has 0 radical (unpaired) electrons. The van der Waals surface area contributed by atoms with E-state index in [2.05, 4.69) is 5.32 Å². The Bertz CT molecular complexity index is 627. The molecule has 116 valence electrons. The molecular weight excluding hydrogens is 294 g/mol. The molecule has 1 aliphatic rings. The van der Waals surface area contributed by atoms with E-state index in [1.165, 1.54) is 12.8 Å². The van der Waals surface area contributed by atoms with Gasteiger partial charge in [-0.1, -0.05) is 12.8 Å². The molecule has 2 aromatic rings. The summed E-state index contributed by atoms with van der Waals surface area (Å²) in [5.74, 6) is 0.941. The zero-order valence-corrected chi connectivity index (χ0v) is 13.6. The zero-order chi connectivity index (χ0) is 15.4. The molecule has 1 N–H and O–H groups in total. The lowest BCUT2D eigenvalue weighted by Crippen LogP contribution is -2.31. The van der Waals surface area contributed by atoms with Gasteiger partial charge < -0.3 is 10.1 Å². The lowest BCUT2D eigenvalue weighted by Gasteiger charge is -2.10. The molecule has 1 saturated carbocycles. The zero-order valence-electron chi connectivity index (χ0n) is 12.8. The Morgan fingerprint density at radius 2 is 1.91 bits per heavy atom. The molecule has 0 atom stereocenters. The molecule has 3 nitrogen and oxygen atoms in total. The van der Waals surface area contributed by atoms with Crippen LogP contribution in [0.2, 0.25) is 0 Å². The van der Waals surface area contributed by atoms with Crippen LogP contribution in [0, 0.1) is 0 Å². The van der Waals surface area contributed by atoms with Crippen molar-refractivity contribution in [1.82, 2.24) is 5.32 Å². The number of amides is 1. The molecule has 4 heteroatoms. The second-order valence-electron chi connectivity index (χ2n) is 5.58. The van der Waals surface area contributed by atoms with Crippen molar-refractivity contribution in [3.63, 3.8) is 0 Å². The van der Waals surface area contributed by atoms with E-state index in [4.69, 9.17) is 4.74 Å². The Labute approximate surface area is 135 Å². The van der Waals surface area contributed by atoms with Crippen LogP contribution in [0.1, 0.15) is 42.3 Å². The van der Waals surface area contributed by atoms with Crippen molar-refractivity contribution in [2.75, 3.05) is 6.61 Å². The highest BCUT2D eigenvalue weighted by Gasteiger charge is 2.19. The average Bonchev–Trinajstić information content (AvgIpc) is 3.19. The fourth-order valence-corrected chi connectivity index (χ4v) is 3.74. The number of benzene rings is 1. The van der Waals surface area contributed by atoms with E-state index in [1.54, 1.807) is 11.3 Å². The SMILES string of the molecule is CCOc1ccc(-c2ccc(C(=O)NC3CCCC3)s2)cc1. The summed E-state index contributed by atoms with van der Waals surface area (Å²) in [5.41, 5.74) is 1.12. The van der Waals surface area contributed by atoms with Crippen LogP contribution in [0.5, 0.6) is 5.75 Å². The second-order valence-corrected chi connectivity index (χ2v) is 6.66. The average molecular weight is 315 g/mol.